The molecule has 3 unspecified atom stereocenters. The topological polar surface area (TPSA) is 76.3 Å². The van der Waals surface area contributed by atoms with Gasteiger partial charge in [0.1, 0.15) is 17.4 Å². The molecule has 1 N–H and O–H groups in total. The number of benzene rings is 2. The SMILES string of the molecule is CC12NC(=O)C(CC13C=Nc1ccccc13)n1c2nc2ccccc2c1=O. The Labute approximate surface area is 154 Å². The second-order valence-electron chi connectivity index (χ2n) is 7.71. The Balaban J connectivity index is 1.73. The van der Waals surface area contributed by atoms with Crippen molar-refractivity contribution in [2.24, 2.45) is 4.99 Å². The van der Waals surface area contributed by atoms with Crippen LogP contribution in [0.3, 0.4) is 0 Å². The van der Waals surface area contributed by atoms with Crippen LogP contribution in [-0.2, 0) is 15.7 Å². The lowest BCUT2D eigenvalue weighted by Crippen LogP contribution is -2.71. The molecule has 1 saturated heterocycles. The van der Waals surface area contributed by atoms with E-state index in [9.17, 15) is 9.59 Å². The summed E-state index contributed by atoms with van der Waals surface area (Å²) < 4.78 is 1.60. The first-order valence-electron chi connectivity index (χ1n) is 9.04. The summed E-state index contributed by atoms with van der Waals surface area (Å²) in [7, 11) is 0. The lowest BCUT2D eigenvalue weighted by molar-refractivity contribution is -0.134. The molecule has 6 heteroatoms. The van der Waals surface area contributed by atoms with E-state index in [0.717, 1.165) is 11.3 Å². The summed E-state index contributed by atoms with van der Waals surface area (Å²) in [6.07, 6.45) is 2.44. The van der Waals surface area contributed by atoms with Crippen molar-refractivity contribution in [3.8, 4) is 0 Å². The van der Waals surface area contributed by atoms with Crippen LogP contribution in [0.25, 0.3) is 10.9 Å². The second kappa shape index (κ2) is 4.52. The highest BCUT2D eigenvalue weighted by Gasteiger charge is 2.64. The first kappa shape index (κ1) is 14.8. The zero-order chi connectivity index (χ0) is 18.4. The van der Waals surface area contributed by atoms with Crippen LogP contribution >= 0.6 is 0 Å². The lowest BCUT2D eigenvalue weighted by atomic mass is 9.59. The molecule has 2 bridgehead atoms. The number of carbonyl (C=O) groups is 1. The van der Waals surface area contributed by atoms with E-state index in [0.29, 0.717) is 23.1 Å². The van der Waals surface area contributed by atoms with Crippen LogP contribution in [0, 0.1) is 0 Å². The molecular formula is C21H16N4O2. The van der Waals surface area contributed by atoms with Crippen LogP contribution in [0.4, 0.5) is 5.69 Å². The highest BCUT2D eigenvalue weighted by molar-refractivity contribution is 5.94. The van der Waals surface area contributed by atoms with Crippen LogP contribution < -0.4 is 10.9 Å². The molecule has 4 aliphatic heterocycles. The fraction of sp³-hybridized carbons (Fsp3) is 0.238. The van der Waals surface area contributed by atoms with E-state index in [1.807, 2.05) is 49.5 Å². The minimum Gasteiger partial charge on any atom is -0.341 e. The Bertz CT molecular complexity index is 1260. The number of piperidine rings is 1. The zero-order valence-electron chi connectivity index (χ0n) is 14.6. The maximum absolute atomic E-state index is 13.2. The summed E-state index contributed by atoms with van der Waals surface area (Å²) in [6.45, 7) is 1.96. The van der Waals surface area contributed by atoms with Gasteiger partial charge in [0.2, 0.25) is 5.91 Å². The molecular weight excluding hydrogens is 340 g/mol. The number of aliphatic imine (C=N–C) groups is 1. The van der Waals surface area contributed by atoms with Crippen molar-refractivity contribution in [2.45, 2.75) is 30.3 Å². The van der Waals surface area contributed by atoms with Gasteiger partial charge in [-0.05, 0) is 37.1 Å². The van der Waals surface area contributed by atoms with Gasteiger partial charge >= 0.3 is 0 Å². The monoisotopic (exact) mass is 356 g/mol. The van der Waals surface area contributed by atoms with Crippen molar-refractivity contribution in [1.82, 2.24) is 14.9 Å². The van der Waals surface area contributed by atoms with E-state index in [4.69, 9.17) is 4.98 Å². The average Bonchev–Trinajstić information content (AvgIpc) is 3.04. The van der Waals surface area contributed by atoms with Crippen LogP contribution in [-0.4, -0.2) is 21.7 Å². The molecule has 132 valence electrons. The van der Waals surface area contributed by atoms with Gasteiger partial charge in [-0.3, -0.25) is 19.1 Å². The molecule has 1 spiro atoms. The predicted molar refractivity (Wildman–Crippen MR) is 101 cm³/mol. The van der Waals surface area contributed by atoms with E-state index in [-0.39, 0.29) is 11.5 Å². The zero-order valence-corrected chi connectivity index (χ0v) is 14.6. The first-order valence-corrected chi connectivity index (χ1v) is 9.04. The smallest absolute Gasteiger partial charge is 0.262 e. The fourth-order valence-electron chi connectivity index (χ4n) is 5.07. The highest BCUT2D eigenvalue weighted by atomic mass is 16.2. The largest absolute Gasteiger partial charge is 0.341 e. The van der Waals surface area contributed by atoms with Crippen molar-refractivity contribution in [3.63, 3.8) is 0 Å². The third-order valence-electron chi connectivity index (χ3n) is 6.46. The number of fused-ring (bicyclic) bond motifs is 3. The maximum atomic E-state index is 13.2. The van der Waals surface area contributed by atoms with Gasteiger partial charge in [0, 0.05) is 6.21 Å². The van der Waals surface area contributed by atoms with Crippen molar-refractivity contribution in [1.29, 1.82) is 0 Å². The van der Waals surface area contributed by atoms with Crippen molar-refractivity contribution in [3.05, 3.63) is 70.3 Å². The van der Waals surface area contributed by atoms with Gasteiger partial charge in [0.05, 0.1) is 22.0 Å². The summed E-state index contributed by atoms with van der Waals surface area (Å²) >= 11 is 0. The molecule has 3 atom stereocenters. The van der Waals surface area contributed by atoms with Crippen LogP contribution in [0.5, 0.6) is 0 Å². The number of para-hydroxylation sites is 2. The molecule has 1 fully saturated rings. The van der Waals surface area contributed by atoms with E-state index < -0.39 is 17.0 Å². The number of carbonyl (C=O) groups excluding carboxylic acids is 1. The van der Waals surface area contributed by atoms with Crippen molar-refractivity contribution < 1.29 is 4.79 Å². The lowest BCUT2D eigenvalue weighted by Gasteiger charge is -2.55. The van der Waals surface area contributed by atoms with Gasteiger partial charge in [-0.25, -0.2) is 4.98 Å². The van der Waals surface area contributed by atoms with Gasteiger partial charge in [-0.2, -0.15) is 0 Å². The third-order valence-corrected chi connectivity index (χ3v) is 6.46. The van der Waals surface area contributed by atoms with Gasteiger partial charge in [-0.15, -0.1) is 0 Å². The molecule has 6 nitrogen and oxygen atoms in total. The summed E-state index contributed by atoms with van der Waals surface area (Å²) in [5.74, 6) is 0.470. The standard InChI is InChI=1S/C21H16N4O2/c1-20-19-23-14-8-4-2-6-12(14)18(27)25(19)16(17(26)24-20)10-21(20)11-22-15-9-5-3-7-13(15)21/h2-9,11,16H,10H2,1H3,(H,24,26). The number of nitrogens with one attached hydrogen (secondary N) is 1. The predicted octanol–water partition coefficient (Wildman–Crippen LogP) is 2.34. The maximum Gasteiger partial charge on any atom is 0.262 e. The van der Waals surface area contributed by atoms with Gasteiger partial charge in [-0.1, -0.05) is 30.3 Å². The molecule has 7 rings (SSSR count). The highest BCUT2D eigenvalue weighted by Crippen LogP contribution is 2.57. The Morgan fingerprint density at radius 2 is 1.89 bits per heavy atom. The van der Waals surface area contributed by atoms with Gasteiger partial charge < -0.3 is 5.32 Å². The number of hydrogen-bond acceptors (Lipinski definition) is 4. The number of rotatable bonds is 0. The third kappa shape index (κ3) is 1.53. The Morgan fingerprint density at radius 3 is 2.78 bits per heavy atom. The molecule has 5 heterocycles. The molecule has 0 saturated carbocycles. The molecule has 3 aromatic rings. The molecule has 0 aliphatic carbocycles. The van der Waals surface area contributed by atoms with Crippen molar-refractivity contribution in [2.75, 3.05) is 0 Å². The van der Waals surface area contributed by atoms with Crippen LogP contribution in [0.2, 0.25) is 0 Å². The Kier molecular flexibility index (Phi) is 2.48. The fourth-order valence-corrected chi connectivity index (χ4v) is 5.07. The number of nitrogens with zero attached hydrogens (tertiary/aromatic N) is 3. The van der Waals surface area contributed by atoms with E-state index in [1.165, 1.54) is 0 Å². The average molecular weight is 356 g/mol. The molecule has 0 radical (unpaired) electrons. The molecule has 1 aromatic heterocycles. The summed E-state index contributed by atoms with van der Waals surface area (Å²) in [6, 6.07) is 14.7. The number of aromatic nitrogens is 2. The molecule has 2 aromatic carbocycles. The minimum absolute atomic E-state index is 0.132. The normalized spacial score (nSPS) is 29.8. The first-order chi connectivity index (χ1) is 13.1. The van der Waals surface area contributed by atoms with Crippen LogP contribution in [0.1, 0.15) is 30.8 Å². The Hall–Kier alpha value is -3.28. The minimum atomic E-state index is -0.849. The summed E-state index contributed by atoms with van der Waals surface area (Å²) in [4.78, 5) is 35.5. The Morgan fingerprint density at radius 1 is 1.11 bits per heavy atom. The number of amides is 1. The second-order valence-corrected chi connectivity index (χ2v) is 7.71. The molecule has 27 heavy (non-hydrogen) atoms. The molecule has 4 aliphatic rings. The van der Waals surface area contributed by atoms with Gasteiger partial charge in [0.25, 0.3) is 5.56 Å². The molecule has 1 amide bonds. The van der Waals surface area contributed by atoms with Crippen molar-refractivity contribution >= 4 is 28.7 Å². The summed E-state index contributed by atoms with van der Waals surface area (Å²) in [5.41, 5.74) is 1.12. The van der Waals surface area contributed by atoms with E-state index in [1.54, 1.807) is 10.6 Å². The van der Waals surface area contributed by atoms with E-state index >= 15 is 0 Å². The number of hydrogen-bond donors (Lipinski definition) is 1. The summed E-state index contributed by atoms with van der Waals surface area (Å²) in [5, 5.41) is 3.70. The quantitative estimate of drug-likeness (QED) is 0.672. The van der Waals surface area contributed by atoms with E-state index in [2.05, 4.69) is 16.4 Å². The van der Waals surface area contributed by atoms with Crippen LogP contribution in [0.15, 0.2) is 58.3 Å². The van der Waals surface area contributed by atoms with Gasteiger partial charge in [0.15, 0.2) is 0 Å².